The number of amides is 1. The van der Waals surface area contributed by atoms with Gasteiger partial charge < -0.3 is 10.4 Å². The van der Waals surface area contributed by atoms with Gasteiger partial charge in [-0.1, -0.05) is 13.8 Å². The van der Waals surface area contributed by atoms with Crippen molar-refractivity contribution >= 4 is 27.6 Å². The largest absolute Gasteiger partial charge is 0.478 e. The summed E-state index contributed by atoms with van der Waals surface area (Å²) < 4.78 is 26.6. The first-order chi connectivity index (χ1) is 11.3. The molecule has 0 atom stereocenters. The van der Waals surface area contributed by atoms with Crippen LogP contribution >= 0.6 is 0 Å². The van der Waals surface area contributed by atoms with Crippen LogP contribution in [0.15, 0.2) is 41.3 Å². The highest BCUT2D eigenvalue weighted by molar-refractivity contribution is 7.89. The topological polar surface area (TPSA) is 104 Å². The lowest BCUT2D eigenvalue weighted by Crippen LogP contribution is -2.32. The average molecular weight is 354 g/mol. The number of anilines is 1. The predicted molar refractivity (Wildman–Crippen MR) is 91.2 cm³/mol. The normalized spacial score (nSPS) is 11.8. The molecule has 0 radical (unpaired) electrons. The van der Waals surface area contributed by atoms with E-state index in [9.17, 15) is 18.0 Å². The molecule has 24 heavy (non-hydrogen) atoms. The van der Waals surface area contributed by atoms with Crippen molar-refractivity contribution in [3.8, 4) is 0 Å². The van der Waals surface area contributed by atoms with Gasteiger partial charge in [0.15, 0.2) is 0 Å². The van der Waals surface area contributed by atoms with Gasteiger partial charge in [-0.2, -0.15) is 4.31 Å². The molecule has 0 aliphatic heterocycles. The van der Waals surface area contributed by atoms with Crippen molar-refractivity contribution in [2.45, 2.75) is 31.6 Å². The maximum Gasteiger partial charge on any atom is 0.328 e. The quantitative estimate of drug-likeness (QED) is 0.661. The van der Waals surface area contributed by atoms with Crippen LogP contribution in [-0.2, 0) is 19.6 Å². The second-order valence-electron chi connectivity index (χ2n) is 5.09. The molecule has 2 N–H and O–H groups in total. The number of benzene rings is 1. The molecular weight excluding hydrogens is 332 g/mol. The van der Waals surface area contributed by atoms with Crippen molar-refractivity contribution < 1.29 is 23.1 Å². The van der Waals surface area contributed by atoms with Gasteiger partial charge in [0.1, 0.15) is 0 Å². The molecule has 8 heteroatoms. The molecule has 0 spiro atoms. The highest BCUT2D eigenvalue weighted by atomic mass is 32.2. The van der Waals surface area contributed by atoms with Gasteiger partial charge in [0, 0.05) is 30.9 Å². The molecule has 7 nitrogen and oxygen atoms in total. The summed E-state index contributed by atoms with van der Waals surface area (Å²) in [4.78, 5) is 22.0. The minimum Gasteiger partial charge on any atom is -0.478 e. The van der Waals surface area contributed by atoms with E-state index in [-0.39, 0.29) is 4.90 Å². The van der Waals surface area contributed by atoms with Crippen LogP contribution < -0.4 is 5.32 Å². The van der Waals surface area contributed by atoms with E-state index in [1.54, 1.807) is 0 Å². The van der Waals surface area contributed by atoms with Crippen LogP contribution in [0.4, 0.5) is 5.69 Å². The Labute approximate surface area is 142 Å². The molecule has 1 aromatic carbocycles. The van der Waals surface area contributed by atoms with Crippen LogP contribution in [0.1, 0.15) is 26.7 Å². The van der Waals surface area contributed by atoms with Crippen molar-refractivity contribution in [3.63, 3.8) is 0 Å². The Morgan fingerprint density at radius 3 is 2.08 bits per heavy atom. The number of carboxylic acids is 1. The van der Waals surface area contributed by atoms with Crippen molar-refractivity contribution in [1.82, 2.24) is 4.31 Å². The zero-order chi connectivity index (χ0) is 18.2. The molecular formula is C16H22N2O5S. The summed E-state index contributed by atoms with van der Waals surface area (Å²) in [6.07, 6.45) is 3.06. The average Bonchev–Trinajstić information content (AvgIpc) is 2.53. The van der Waals surface area contributed by atoms with Crippen molar-refractivity contribution in [3.05, 3.63) is 36.4 Å². The zero-order valence-electron chi connectivity index (χ0n) is 13.7. The predicted octanol–water partition coefficient (Wildman–Crippen LogP) is 2.08. The number of sulfonamides is 1. The first kappa shape index (κ1) is 19.9. The molecule has 1 rings (SSSR count). The molecule has 0 bridgehead atoms. The lowest BCUT2D eigenvalue weighted by molar-refractivity contribution is -0.131. The summed E-state index contributed by atoms with van der Waals surface area (Å²) in [6.45, 7) is 4.74. The first-order valence-corrected chi connectivity index (χ1v) is 9.07. The van der Waals surface area contributed by atoms with Gasteiger partial charge in [-0.15, -0.1) is 0 Å². The monoisotopic (exact) mass is 354 g/mol. The van der Waals surface area contributed by atoms with Gasteiger partial charge in [0.2, 0.25) is 15.9 Å². The van der Waals surface area contributed by atoms with E-state index in [0.29, 0.717) is 18.8 Å². The molecule has 0 aliphatic rings. The maximum absolute atomic E-state index is 12.6. The maximum atomic E-state index is 12.6. The third-order valence-electron chi connectivity index (χ3n) is 3.08. The smallest absolute Gasteiger partial charge is 0.328 e. The fourth-order valence-corrected chi connectivity index (χ4v) is 3.67. The molecule has 0 heterocycles. The summed E-state index contributed by atoms with van der Waals surface area (Å²) in [7, 11) is -3.56. The molecule has 132 valence electrons. The van der Waals surface area contributed by atoms with Gasteiger partial charge in [0.05, 0.1) is 4.90 Å². The molecule has 0 unspecified atom stereocenters. The number of hydrogen-bond donors (Lipinski definition) is 2. The number of carbonyl (C=O) groups is 2. The number of nitrogens with one attached hydrogen (secondary N) is 1. The first-order valence-electron chi connectivity index (χ1n) is 7.63. The molecule has 0 saturated heterocycles. The second-order valence-corrected chi connectivity index (χ2v) is 7.03. The van der Waals surface area contributed by atoms with Crippen molar-refractivity contribution in [2.24, 2.45) is 0 Å². The van der Waals surface area contributed by atoms with Crippen molar-refractivity contribution in [1.29, 1.82) is 0 Å². The van der Waals surface area contributed by atoms with E-state index >= 15 is 0 Å². The number of rotatable bonds is 9. The van der Waals surface area contributed by atoms with Crippen LogP contribution in [-0.4, -0.2) is 42.8 Å². The van der Waals surface area contributed by atoms with Crippen LogP contribution in [0, 0.1) is 0 Å². The molecule has 1 aromatic rings. The van der Waals surface area contributed by atoms with E-state index in [2.05, 4.69) is 5.32 Å². The number of hydrogen-bond acceptors (Lipinski definition) is 4. The SMILES string of the molecule is CCCN(CCC)S(=O)(=O)c1ccc(NC(=O)C=CC(=O)O)cc1. The van der Waals surface area contributed by atoms with E-state index in [0.717, 1.165) is 25.0 Å². The number of nitrogens with zero attached hydrogens (tertiary/aromatic N) is 1. The number of carboxylic acid groups (broad SMARTS) is 1. The van der Waals surface area contributed by atoms with E-state index < -0.39 is 21.9 Å². The summed E-state index contributed by atoms with van der Waals surface area (Å²) in [5.41, 5.74) is 0.381. The molecule has 0 aliphatic carbocycles. The Hall–Kier alpha value is -2.19. The van der Waals surface area contributed by atoms with Gasteiger partial charge >= 0.3 is 5.97 Å². The van der Waals surface area contributed by atoms with Gasteiger partial charge in [0.25, 0.3) is 0 Å². The highest BCUT2D eigenvalue weighted by Gasteiger charge is 2.22. The van der Waals surface area contributed by atoms with Gasteiger partial charge in [-0.05, 0) is 37.1 Å². The number of aliphatic carboxylic acids is 1. The fraction of sp³-hybridized carbons (Fsp3) is 0.375. The van der Waals surface area contributed by atoms with Crippen LogP contribution in [0.25, 0.3) is 0 Å². The summed E-state index contributed by atoms with van der Waals surface area (Å²) in [6, 6.07) is 5.78. The van der Waals surface area contributed by atoms with Crippen LogP contribution in [0.5, 0.6) is 0 Å². The third-order valence-corrected chi connectivity index (χ3v) is 5.00. The molecule has 0 fully saturated rings. The van der Waals surface area contributed by atoms with Crippen LogP contribution in [0.3, 0.4) is 0 Å². The van der Waals surface area contributed by atoms with Gasteiger partial charge in [-0.25, -0.2) is 13.2 Å². The zero-order valence-corrected chi connectivity index (χ0v) is 14.5. The minimum absolute atomic E-state index is 0.156. The van der Waals surface area contributed by atoms with E-state index in [4.69, 9.17) is 5.11 Å². The summed E-state index contributed by atoms with van der Waals surface area (Å²) in [5, 5.41) is 10.9. The van der Waals surface area contributed by atoms with Gasteiger partial charge in [-0.3, -0.25) is 4.79 Å². The summed E-state index contributed by atoms with van der Waals surface area (Å²) >= 11 is 0. The highest BCUT2D eigenvalue weighted by Crippen LogP contribution is 2.19. The Morgan fingerprint density at radius 1 is 1.08 bits per heavy atom. The van der Waals surface area contributed by atoms with Crippen molar-refractivity contribution in [2.75, 3.05) is 18.4 Å². The lowest BCUT2D eigenvalue weighted by Gasteiger charge is -2.21. The minimum atomic E-state index is -3.56. The van der Waals surface area contributed by atoms with Crippen LogP contribution in [0.2, 0.25) is 0 Å². The van der Waals surface area contributed by atoms with E-state index in [1.165, 1.54) is 28.6 Å². The third kappa shape index (κ3) is 5.78. The Balaban J connectivity index is 2.89. The second kappa shape index (κ2) is 9.19. The standard InChI is InChI=1S/C16H22N2O5S/c1-3-11-18(12-4-2)24(22,23)14-7-5-13(6-8-14)17-15(19)9-10-16(20)21/h5-10H,3-4,11-12H2,1-2H3,(H,17,19)(H,20,21). The Bertz CT molecular complexity index is 690. The lowest BCUT2D eigenvalue weighted by atomic mass is 10.3. The number of carbonyl (C=O) groups excluding carboxylic acids is 1. The Morgan fingerprint density at radius 2 is 1.62 bits per heavy atom. The molecule has 1 amide bonds. The fourth-order valence-electron chi connectivity index (χ4n) is 2.04. The van der Waals surface area contributed by atoms with E-state index in [1.807, 2.05) is 13.8 Å². The summed E-state index contributed by atoms with van der Waals surface area (Å²) in [5.74, 6) is -1.83. The molecule has 0 aromatic heterocycles. The Kier molecular flexibility index (Phi) is 7.60. The molecule has 0 saturated carbocycles.